The molecule has 0 bridgehead atoms. The first kappa shape index (κ1) is 17.6. The van der Waals surface area contributed by atoms with Gasteiger partial charge in [-0.2, -0.15) is 0 Å². The summed E-state index contributed by atoms with van der Waals surface area (Å²) < 4.78 is 5.42. The highest BCUT2D eigenvalue weighted by atomic mass is 16.5. The van der Waals surface area contributed by atoms with Gasteiger partial charge >= 0.3 is 6.03 Å². The first-order valence-electron chi connectivity index (χ1n) is 8.39. The van der Waals surface area contributed by atoms with Crippen molar-refractivity contribution in [3.8, 4) is 5.75 Å². The number of aliphatic hydroxyl groups excluding tert-OH is 1. The molecule has 0 aliphatic heterocycles. The van der Waals surface area contributed by atoms with E-state index in [4.69, 9.17) is 4.74 Å². The summed E-state index contributed by atoms with van der Waals surface area (Å²) in [5.41, 5.74) is 0.819. The van der Waals surface area contributed by atoms with E-state index in [2.05, 4.69) is 10.6 Å². The molecule has 0 heterocycles. The normalized spacial score (nSPS) is 25.0. The summed E-state index contributed by atoms with van der Waals surface area (Å²) in [4.78, 5) is 12.2. The number of aliphatic hydroxyl groups is 1. The Morgan fingerprint density at radius 1 is 1.43 bits per heavy atom. The fraction of sp³-hybridized carbons (Fsp3) is 0.611. The van der Waals surface area contributed by atoms with E-state index in [1.807, 2.05) is 45.0 Å². The summed E-state index contributed by atoms with van der Waals surface area (Å²) in [6.45, 7) is 6.68. The topological polar surface area (TPSA) is 70.6 Å². The molecule has 1 aromatic carbocycles. The molecule has 0 aromatic heterocycles. The molecular weight excluding hydrogens is 292 g/mol. The third-order valence-electron chi connectivity index (χ3n) is 4.79. The van der Waals surface area contributed by atoms with E-state index in [-0.39, 0.29) is 30.1 Å². The van der Waals surface area contributed by atoms with Gasteiger partial charge in [0.25, 0.3) is 0 Å². The number of amides is 2. The molecule has 0 spiro atoms. The monoisotopic (exact) mass is 320 g/mol. The molecule has 5 heteroatoms. The maximum absolute atomic E-state index is 12.2. The predicted molar refractivity (Wildman–Crippen MR) is 90.5 cm³/mol. The van der Waals surface area contributed by atoms with E-state index in [0.29, 0.717) is 6.61 Å². The van der Waals surface area contributed by atoms with Crippen LogP contribution in [0.4, 0.5) is 4.79 Å². The standard InChI is InChI=1S/C18H28N2O3/c1-4-23-15-9-7-14(8-10-15)13(2)19-17(22)20-16-6-5-11-18(16,3)12-21/h7-10,13,16,21H,4-6,11-12H2,1-3H3,(H2,19,20,22). The molecule has 1 aliphatic carbocycles. The third kappa shape index (κ3) is 4.38. The van der Waals surface area contributed by atoms with Gasteiger partial charge in [0.15, 0.2) is 0 Å². The predicted octanol–water partition coefficient (Wildman–Crippen LogP) is 3.00. The number of benzene rings is 1. The molecule has 23 heavy (non-hydrogen) atoms. The summed E-state index contributed by atoms with van der Waals surface area (Å²) in [5.74, 6) is 0.831. The molecule has 5 nitrogen and oxygen atoms in total. The number of urea groups is 1. The number of rotatable bonds is 6. The van der Waals surface area contributed by atoms with E-state index in [1.54, 1.807) is 0 Å². The average Bonchev–Trinajstić information content (AvgIpc) is 2.89. The molecule has 0 radical (unpaired) electrons. The third-order valence-corrected chi connectivity index (χ3v) is 4.79. The second kappa shape index (κ2) is 7.68. The Labute approximate surface area is 138 Å². The van der Waals surface area contributed by atoms with Crippen LogP contribution in [-0.2, 0) is 0 Å². The highest BCUT2D eigenvalue weighted by Gasteiger charge is 2.39. The maximum Gasteiger partial charge on any atom is 0.315 e. The SMILES string of the molecule is CCOc1ccc(C(C)NC(=O)NC2CCCC2(C)CO)cc1. The Bertz CT molecular complexity index is 518. The smallest absolute Gasteiger partial charge is 0.315 e. The van der Waals surface area contributed by atoms with Crippen LogP contribution in [-0.4, -0.2) is 30.4 Å². The van der Waals surface area contributed by atoms with E-state index in [1.165, 1.54) is 0 Å². The molecule has 128 valence electrons. The van der Waals surface area contributed by atoms with Crippen LogP contribution in [0.3, 0.4) is 0 Å². The van der Waals surface area contributed by atoms with Crippen molar-refractivity contribution in [3.05, 3.63) is 29.8 Å². The van der Waals surface area contributed by atoms with Crippen LogP contribution in [0.5, 0.6) is 5.75 Å². The zero-order valence-corrected chi connectivity index (χ0v) is 14.3. The zero-order chi connectivity index (χ0) is 16.9. The van der Waals surface area contributed by atoms with Crippen LogP contribution in [0.1, 0.15) is 51.6 Å². The average molecular weight is 320 g/mol. The first-order valence-corrected chi connectivity index (χ1v) is 8.39. The summed E-state index contributed by atoms with van der Waals surface area (Å²) in [6, 6.07) is 7.50. The minimum absolute atomic E-state index is 0.0278. The van der Waals surface area contributed by atoms with Gasteiger partial charge in [0.2, 0.25) is 0 Å². The number of carbonyl (C=O) groups is 1. The van der Waals surface area contributed by atoms with Gasteiger partial charge in [-0.25, -0.2) is 4.79 Å². The molecular formula is C18H28N2O3. The van der Waals surface area contributed by atoms with E-state index in [9.17, 15) is 9.90 Å². The molecule has 1 aromatic rings. The lowest BCUT2D eigenvalue weighted by Crippen LogP contribution is -2.49. The number of nitrogens with one attached hydrogen (secondary N) is 2. The summed E-state index contributed by atoms with van der Waals surface area (Å²) in [7, 11) is 0. The molecule has 1 fully saturated rings. The quantitative estimate of drug-likeness (QED) is 0.754. The van der Waals surface area contributed by atoms with Crippen molar-refractivity contribution < 1.29 is 14.6 Å². The highest BCUT2D eigenvalue weighted by molar-refractivity contribution is 5.75. The molecule has 3 atom stereocenters. The van der Waals surface area contributed by atoms with Gasteiger partial charge in [0.1, 0.15) is 5.75 Å². The number of hydrogen-bond donors (Lipinski definition) is 3. The Balaban J connectivity index is 1.89. The number of carbonyl (C=O) groups excluding carboxylic acids is 1. The van der Waals surface area contributed by atoms with Gasteiger partial charge in [-0.3, -0.25) is 0 Å². The van der Waals surface area contributed by atoms with Gasteiger partial charge in [-0.1, -0.05) is 25.5 Å². The van der Waals surface area contributed by atoms with Gasteiger partial charge < -0.3 is 20.5 Å². The largest absolute Gasteiger partial charge is 0.494 e. The van der Waals surface area contributed by atoms with Crippen LogP contribution in [0.15, 0.2) is 24.3 Å². The van der Waals surface area contributed by atoms with Crippen molar-refractivity contribution in [1.29, 1.82) is 0 Å². The summed E-state index contributed by atoms with van der Waals surface area (Å²) in [5, 5.41) is 15.5. The lowest BCUT2D eigenvalue weighted by atomic mass is 9.86. The van der Waals surface area contributed by atoms with Gasteiger partial charge in [0, 0.05) is 11.5 Å². The van der Waals surface area contributed by atoms with Crippen molar-refractivity contribution in [3.63, 3.8) is 0 Å². The van der Waals surface area contributed by atoms with Crippen molar-refractivity contribution in [2.24, 2.45) is 5.41 Å². The molecule has 1 aliphatic rings. The van der Waals surface area contributed by atoms with Crippen LogP contribution < -0.4 is 15.4 Å². The Hall–Kier alpha value is -1.75. The van der Waals surface area contributed by atoms with Crippen LogP contribution in [0.2, 0.25) is 0 Å². The lowest BCUT2D eigenvalue weighted by Gasteiger charge is -2.30. The molecule has 3 unspecified atom stereocenters. The number of hydrogen-bond acceptors (Lipinski definition) is 3. The van der Waals surface area contributed by atoms with Crippen molar-refractivity contribution in [2.75, 3.05) is 13.2 Å². The summed E-state index contributed by atoms with van der Waals surface area (Å²) in [6.07, 6.45) is 2.90. The first-order chi connectivity index (χ1) is 11.0. The minimum Gasteiger partial charge on any atom is -0.494 e. The van der Waals surface area contributed by atoms with Gasteiger partial charge in [-0.05, 0) is 44.4 Å². The van der Waals surface area contributed by atoms with Crippen molar-refractivity contribution in [1.82, 2.24) is 10.6 Å². The molecule has 2 rings (SSSR count). The van der Waals surface area contributed by atoms with Crippen LogP contribution in [0.25, 0.3) is 0 Å². The van der Waals surface area contributed by atoms with Crippen LogP contribution >= 0.6 is 0 Å². The molecule has 1 saturated carbocycles. The highest BCUT2D eigenvalue weighted by Crippen LogP contribution is 2.37. The Morgan fingerprint density at radius 2 is 2.13 bits per heavy atom. The molecule has 3 N–H and O–H groups in total. The zero-order valence-electron chi connectivity index (χ0n) is 14.3. The van der Waals surface area contributed by atoms with E-state index in [0.717, 1.165) is 30.6 Å². The maximum atomic E-state index is 12.2. The molecule has 0 saturated heterocycles. The van der Waals surface area contributed by atoms with Crippen LogP contribution in [0, 0.1) is 5.41 Å². The summed E-state index contributed by atoms with van der Waals surface area (Å²) >= 11 is 0. The lowest BCUT2D eigenvalue weighted by molar-refractivity contribution is 0.121. The van der Waals surface area contributed by atoms with Gasteiger partial charge in [-0.15, -0.1) is 0 Å². The van der Waals surface area contributed by atoms with Gasteiger partial charge in [0.05, 0.1) is 19.3 Å². The second-order valence-corrected chi connectivity index (χ2v) is 6.60. The second-order valence-electron chi connectivity index (χ2n) is 6.60. The van der Waals surface area contributed by atoms with E-state index >= 15 is 0 Å². The van der Waals surface area contributed by atoms with E-state index < -0.39 is 0 Å². The minimum atomic E-state index is -0.209. The molecule has 2 amide bonds. The fourth-order valence-electron chi connectivity index (χ4n) is 3.17. The van der Waals surface area contributed by atoms with Crippen molar-refractivity contribution in [2.45, 2.75) is 52.1 Å². The van der Waals surface area contributed by atoms with Crippen molar-refractivity contribution >= 4 is 6.03 Å². The Kier molecular flexibility index (Phi) is 5.88. The number of ether oxygens (including phenoxy) is 1. The fourth-order valence-corrected chi connectivity index (χ4v) is 3.17. The Morgan fingerprint density at radius 3 is 2.74 bits per heavy atom.